The fraction of sp³-hybridized carbons (Fsp3) is 0.929. The summed E-state index contributed by atoms with van der Waals surface area (Å²) in [6, 6.07) is 0.726. The first-order valence-electron chi connectivity index (χ1n) is 7.27. The van der Waals surface area contributed by atoms with Crippen LogP contribution >= 0.6 is 0 Å². The molecule has 0 spiro atoms. The second kappa shape index (κ2) is 9.53. The molecule has 0 aliphatic carbocycles. The van der Waals surface area contributed by atoms with Crippen molar-refractivity contribution in [2.75, 3.05) is 41.0 Å². The molecule has 0 amide bonds. The van der Waals surface area contributed by atoms with Crippen LogP contribution in [-0.2, 0) is 18.1 Å². The second-order valence-corrected chi connectivity index (χ2v) is 9.47. The van der Waals surface area contributed by atoms with Crippen LogP contribution in [-0.4, -0.2) is 65.7 Å². The molecule has 0 bridgehead atoms. The quantitative estimate of drug-likeness (QED) is 0.588. The van der Waals surface area contributed by atoms with Crippen LogP contribution in [0, 0.1) is 5.41 Å². The van der Waals surface area contributed by atoms with Crippen molar-refractivity contribution < 1.29 is 23.2 Å². The highest BCUT2D eigenvalue weighted by atomic mass is 28.4. The fourth-order valence-corrected chi connectivity index (χ4v) is 3.97. The van der Waals surface area contributed by atoms with Gasteiger partial charge in [-0.3, -0.25) is 4.79 Å². The molecule has 0 heterocycles. The third-order valence-electron chi connectivity index (χ3n) is 3.23. The van der Waals surface area contributed by atoms with Gasteiger partial charge in [-0.15, -0.1) is 0 Å². The molecule has 0 aromatic carbocycles. The average Bonchev–Trinajstić information content (AvgIpc) is 2.39. The molecule has 7 heteroatoms. The summed E-state index contributed by atoms with van der Waals surface area (Å²) in [4.78, 5) is 13.0. The summed E-state index contributed by atoms with van der Waals surface area (Å²) in [5.74, 6) is -0.761. The topological polar surface area (TPSA) is 68.2 Å². The molecule has 0 saturated carbocycles. The Bertz CT molecular complexity index is 294. The minimum Gasteiger partial charge on any atom is -0.481 e. The van der Waals surface area contributed by atoms with Crippen LogP contribution < -0.4 is 0 Å². The van der Waals surface area contributed by atoms with Gasteiger partial charge in [-0.2, -0.15) is 0 Å². The Kier molecular flexibility index (Phi) is 9.31. The smallest absolute Gasteiger partial charge is 0.481 e. The highest BCUT2D eigenvalue weighted by molar-refractivity contribution is 6.60. The van der Waals surface area contributed by atoms with Crippen molar-refractivity contribution in [3.63, 3.8) is 0 Å². The molecule has 0 atom stereocenters. The van der Waals surface area contributed by atoms with E-state index in [9.17, 15) is 4.79 Å². The Morgan fingerprint density at radius 2 is 1.62 bits per heavy atom. The maximum atomic E-state index is 10.8. The van der Waals surface area contributed by atoms with Crippen LogP contribution in [0.15, 0.2) is 0 Å². The summed E-state index contributed by atoms with van der Waals surface area (Å²) in [7, 11) is 2.29. The molecule has 21 heavy (non-hydrogen) atoms. The van der Waals surface area contributed by atoms with Gasteiger partial charge in [-0.1, -0.05) is 20.8 Å². The third kappa shape index (κ3) is 9.21. The van der Waals surface area contributed by atoms with E-state index >= 15 is 0 Å². The van der Waals surface area contributed by atoms with Crippen LogP contribution in [0.25, 0.3) is 0 Å². The zero-order chi connectivity index (χ0) is 16.5. The number of hydrogen-bond acceptors (Lipinski definition) is 5. The van der Waals surface area contributed by atoms with Crippen molar-refractivity contribution >= 4 is 14.8 Å². The van der Waals surface area contributed by atoms with Gasteiger partial charge in [0.15, 0.2) is 0 Å². The van der Waals surface area contributed by atoms with E-state index in [-0.39, 0.29) is 11.8 Å². The predicted octanol–water partition coefficient (Wildman–Crippen LogP) is 2.08. The molecule has 0 fully saturated rings. The summed E-state index contributed by atoms with van der Waals surface area (Å²) in [5.41, 5.74) is 0.136. The Balaban J connectivity index is 4.43. The Labute approximate surface area is 129 Å². The predicted molar refractivity (Wildman–Crippen MR) is 84.4 cm³/mol. The van der Waals surface area contributed by atoms with Crippen molar-refractivity contribution in [3.8, 4) is 0 Å². The summed E-state index contributed by atoms with van der Waals surface area (Å²) in [6.45, 7) is 8.70. The first kappa shape index (κ1) is 20.5. The normalized spacial score (nSPS) is 12.9. The van der Waals surface area contributed by atoms with Crippen LogP contribution in [0.4, 0.5) is 0 Å². The van der Waals surface area contributed by atoms with Crippen molar-refractivity contribution in [1.29, 1.82) is 0 Å². The second-order valence-electron chi connectivity index (χ2n) is 6.38. The molecule has 0 aromatic rings. The molecule has 0 aliphatic rings. The third-order valence-corrected chi connectivity index (χ3v) is 6.06. The van der Waals surface area contributed by atoms with E-state index in [0.717, 1.165) is 25.6 Å². The molecule has 0 radical (unpaired) electrons. The Morgan fingerprint density at radius 3 is 2.00 bits per heavy atom. The van der Waals surface area contributed by atoms with Gasteiger partial charge in [-0.25, -0.2) is 0 Å². The van der Waals surface area contributed by atoms with Gasteiger partial charge in [0.1, 0.15) is 0 Å². The van der Waals surface area contributed by atoms with Crippen LogP contribution in [0.1, 0.15) is 33.6 Å². The summed E-state index contributed by atoms with van der Waals surface area (Å²) >= 11 is 0. The van der Waals surface area contributed by atoms with E-state index in [4.69, 9.17) is 18.4 Å². The lowest BCUT2D eigenvalue weighted by molar-refractivity contribution is -0.137. The van der Waals surface area contributed by atoms with Gasteiger partial charge in [0, 0.05) is 40.5 Å². The van der Waals surface area contributed by atoms with E-state index in [1.165, 1.54) is 0 Å². The van der Waals surface area contributed by atoms with Crippen molar-refractivity contribution in [2.24, 2.45) is 5.41 Å². The monoisotopic (exact) mass is 321 g/mol. The summed E-state index contributed by atoms with van der Waals surface area (Å²) in [5, 5.41) is 8.85. The van der Waals surface area contributed by atoms with E-state index in [1.54, 1.807) is 21.3 Å². The molecule has 0 aromatic heterocycles. The van der Waals surface area contributed by atoms with E-state index in [1.807, 2.05) is 0 Å². The van der Waals surface area contributed by atoms with E-state index in [2.05, 4.69) is 25.7 Å². The van der Waals surface area contributed by atoms with E-state index < -0.39 is 14.8 Å². The largest absolute Gasteiger partial charge is 0.500 e. The van der Waals surface area contributed by atoms with Gasteiger partial charge in [-0.05, 0) is 18.4 Å². The maximum absolute atomic E-state index is 10.8. The van der Waals surface area contributed by atoms with Gasteiger partial charge >= 0.3 is 14.8 Å². The van der Waals surface area contributed by atoms with Crippen LogP contribution in [0.5, 0.6) is 0 Å². The number of rotatable bonds is 11. The lowest BCUT2D eigenvalue weighted by atomic mass is 9.96. The molecule has 0 rings (SSSR count). The molecule has 6 nitrogen and oxygen atoms in total. The molecule has 0 aliphatic heterocycles. The number of carboxylic acids is 1. The standard InChI is InChI=1S/C14H31NO5Si/c1-14(2,3)12-15(10-8-13(16)17)9-7-11-21(18-4,19-5)20-6/h7-12H2,1-6H3,(H,16,17). The molecular weight excluding hydrogens is 290 g/mol. The molecular formula is C14H31NO5Si. The highest BCUT2D eigenvalue weighted by Gasteiger charge is 2.37. The highest BCUT2D eigenvalue weighted by Crippen LogP contribution is 2.18. The molecule has 1 N–H and O–H groups in total. The number of nitrogens with zero attached hydrogens (tertiary/aromatic N) is 1. The number of carbonyl (C=O) groups is 1. The number of carboxylic acid groups (broad SMARTS) is 1. The lowest BCUT2D eigenvalue weighted by Crippen LogP contribution is -2.43. The SMILES string of the molecule is CO[Si](CCCN(CCC(=O)O)CC(C)(C)C)(OC)OC. The van der Waals surface area contributed by atoms with Gasteiger partial charge in [0.2, 0.25) is 0 Å². The van der Waals surface area contributed by atoms with Crippen molar-refractivity contribution in [2.45, 2.75) is 39.7 Å². The van der Waals surface area contributed by atoms with Gasteiger partial charge in [0.25, 0.3) is 0 Å². The Hall–Kier alpha value is -0.473. The Morgan fingerprint density at radius 1 is 1.10 bits per heavy atom. The average molecular weight is 321 g/mol. The molecule has 0 saturated heterocycles. The first-order valence-corrected chi connectivity index (χ1v) is 9.21. The van der Waals surface area contributed by atoms with Crippen molar-refractivity contribution in [3.05, 3.63) is 0 Å². The van der Waals surface area contributed by atoms with Crippen LogP contribution in [0.2, 0.25) is 6.04 Å². The van der Waals surface area contributed by atoms with Gasteiger partial charge < -0.3 is 23.3 Å². The zero-order valence-electron chi connectivity index (χ0n) is 14.3. The maximum Gasteiger partial charge on any atom is 0.500 e. The van der Waals surface area contributed by atoms with Crippen molar-refractivity contribution in [1.82, 2.24) is 4.90 Å². The summed E-state index contributed by atoms with van der Waals surface area (Å²) in [6.07, 6.45) is 1.02. The molecule has 126 valence electrons. The molecule has 0 unspecified atom stereocenters. The zero-order valence-corrected chi connectivity index (χ0v) is 15.3. The number of hydrogen-bond donors (Lipinski definition) is 1. The minimum absolute atomic E-state index is 0.136. The lowest BCUT2D eigenvalue weighted by Gasteiger charge is -2.31. The minimum atomic E-state index is -2.53. The van der Waals surface area contributed by atoms with Crippen LogP contribution in [0.3, 0.4) is 0 Å². The number of aliphatic carboxylic acids is 1. The van der Waals surface area contributed by atoms with Gasteiger partial charge in [0.05, 0.1) is 6.42 Å². The first-order chi connectivity index (χ1) is 9.68. The fourth-order valence-electron chi connectivity index (χ4n) is 2.27. The van der Waals surface area contributed by atoms with E-state index in [0.29, 0.717) is 6.54 Å². The summed E-state index contributed by atoms with van der Waals surface area (Å²) < 4.78 is 16.2.